The summed E-state index contributed by atoms with van der Waals surface area (Å²) >= 11 is 1.31. The van der Waals surface area contributed by atoms with Crippen LogP contribution in [0.3, 0.4) is 0 Å². The number of aromatic nitrogens is 2. The molecule has 14 heteroatoms. The standard InChI is InChI=1S/C36H43N5O8S/c1-7-21-16(2)27(40-35(21)47)12-25-17(3)22(8-10-31(42)43)28(38-25)14-29-23(9-11-32(44)45)18(4)26(39-29)13-30-33(19(5)34(46)41-30)20(6)50-15-24(37)36(48)49/h7,13-14,20,24,27,38-39H,1,8-12,15,37H2,2-6H3,(H,40,47)(H,42,43)(H,44,45)(H,48,49)/b26-13+,29-14-/t20-,24+,27+/m0/s1. The topological polar surface area (TPSA) is 228 Å². The number of H-pyrrole nitrogens is 2. The molecule has 8 N–H and O–H groups in total. The minimum atomic E-state index is -1.12. The number of carbonyl (C=O) groups excluding carboxylic acids is 2. The first-order valence-electron chi connectivity index (χ1n) is 16.2. The Bertz CT molecular complexity index is 2000. The molecule has 4 heterocycles. The normalized spacial score (nSPS) is 18.2. The van der Waals surface area contributed by atoms with Gasteiger partial charge >= 0.3 is 17.9 Å². The molecule has 0 saturated carbocycles. The summed E-state index contributed by atoms with van der Waals surface area (Å²) in [5.41, 5.74) is 13.3. The third-order valence-electron chi connectivity index (χ3n) is 9.30. The molecule has 13 nitrogen and oxygen atoms in total. The summed E-state index contributed by atoms with van der Waals surface area (Å²) < 4.78 is 0. The van der Waals surface area contributed by atoms with Crippen LogP contribution in [0.2, 0.25) is 0 Å². The summed E-state index contributed by atoms with van der Waals surface area (Å²) in [4.78, 5) is 70.8. The van der Waals surface area contributed by atoms with Gasteiger partial charge in [-0.25, -0.2) is 4.99 Å². The molecule has 2 aromatic heterocycles. The fraction of sp³-hybridized carbons (Fsp3) is 0.389. The third-order valence-corrected chi connectivity index (χ3v) is 10.6. The first-order valence-corrected chi connectivity index (χ1v) is 17.2. The highest BCUT2D eigenvalue weighted by molar-refractivity contribution is 8.00. The highest BCUT2D eigenvalue weighted by Crippen LogP contribution is 2.29. The molecule has 0 unspecified atom stereocenters. The molecule has 0 bridgehead atoms. The third kappa shape index (κ3) is 8.25. The van der Waals surface area contributed by atoms with Gasteiger partial charge in [-0.05, 0) is 93.0 Å². The Hall–Kier alpha value is -4.95. The Morgan fingerprint density at radius 3 is 2.18 bits per heavy atom. The van der Waals surface area contributed by atoms with E-state index in [2.05, 4.69) is 26.9 Å². The van der Waals surface area contributed by atoms with E-state index in [1.807, 2.05) is 33.8 Å². The van der Waals surface area contributed by atoms with E-state index >= 15 is 0 Å². The fourth-order valence-corrected chi connectivity index (χ4v) is 7.44. The number of carboxylic acids is 3. The molecule has 0 aromatic carbocycles. The summed E-state index contributed by atoms with van der Waals surface area (Å²) in [5.74, 6) is -3.50. The molecule has 50 heavy (non-hydrogen) atoms. The van der Waals surface area contributed by atoms with Gasteiger partial charge in [-0.3, -0.25) is 24.0 Å². The van der Waals surface area contributed by atoms with Crippen molar-refractivity contribution in [3.63, 3.8) is 0 Å². The second-order valence-corrected chi connectivity index (χ2v) is 13.9. The summed E-state index contributed by atoms with van der Waals surface area (Å²) in [6, 6.07) is -1.33. The molecule has 2 aliphatic heterocycles. The van der Waals surface area contributed by atoms with E-state index in [1.54, 1.807) is 13.0 Å². The minimum Gasteiger partial charge on any atom is -0.481 e. The van der Waals surface area contributed by atoms with Crippen LogP contribution in [0, 0.1) is 13.8 Å². The molecule has 0 spiro atoms. The van der Waals surface area contributed by atoms with Gasteiger partial charge in [-0.15, -0.1) is 0 Å². The van der Waals surface area contributed by atoms with Gasteiger partial charge in [0.25, 0.3) is 11.8 Å². The Morgan fingerprint density at radius 2 is 1.60 bits per heavy atom. The van der Waals surface area contributed by atoms with Gasteiger partial charge in [0.15, 0.2) is 0 Å². The van der Waals surface area contributed by atoms with Crippen LogP contribution in [-0.4, -0.2) is 83.8 Å². The Balaban J connectivity index is 1.83. The first kappa shape index (κ1) is 37.9. The van der Waals surface area contributed by atoms with Crippen LogP contribution in [0.1, 0.15) is 67.3 Å². The Morgan fingerprint density at radius 1 is 0.960 bits per heavy atom. The van der Waals surface area contributed by atoms with Crippen molar-refractivity contribution in [1.82, 2.24) is 15.3 Å². The highest BCUT2D eigenvalue weighted by Gasteiger charge is 2.30. The molecule has 0 radical (unpaired) electrons. The smallest absolute Gasteiger partial charge is 0.321 e. The molecular weight excluding hydrogens is 662 g/mol. The summed E-state index contributed by atoms with van der Waals surface area (Å²) in [6.07, 6.45) is 5.75. The van der Waals surface area contributed by atoms with Crippen molar-refractivity contribution < 1.29 is 39.3 Å². The van der Waals surface area contributed by atoms with Crippen LogP contribution in [-0.2, 0) is 43.2 Å². The van der Waals surface area contributed by atoms with Crippen molar-refractivity contribution in [2.24, 2.45) is 10.7 Å². The molecular formula is C36H43N5O8S. The van der Waals surface area contributed by atoms with Crippen LogP contribution in [0.5, 0.6) is 0 Å². The van der Waals surface area contributed by atoms with E-state index < -0.39 is 29.9 Å². The maximum Gasteiger partial charge on any atom is 0.321 e. The van der Waals surface area contributed by atoms with Crippen molar-refractivity contribution >= 4 is 59.3 Å². The van der Waals surface area contributed by atoms with Gasteiger partial charge in [0, 0.05) is 63.5 Å². The van der Waals surface area contributed by atoms with Crippen molar-refractivity contribution in [2.45, 2.75) is 84.1 Å². The zero-order valence-electron chi connectivity index (χ0n) is 28.7. The van der Waals surface area contributed by atoms with E-state index in [0.29, 0.717) is 45.2 Å². The lowest BCUT2D eigenvalue weighted by Crippen LogP contribution is -2.33. The van der Waals surface area contributed by atoms with Gasteiger partial charge < -0.3 is 36.3 Å². The van der Waals surface area contributed by atoms with Gasteiger partial charge in [0.05, 0.1) is 11.8 Å². The highest BCUT2D eigenvalue weighted by atomic mass is 32.2. The number of nitrogens with two attached hydrogens (primary N) is 1. The van der Waals surface area contributed by atoms with E-state index in [1.165, 1.54) is 17.8 Å². The zero-order valence-corrected chi connectivity index (χ0v) is 29.5. The molecule has 266 valence electrons. The van der Waals surface area contributed by atoms with E-state index in [0.717, 1.165) is 33.5 Å². The fourth-order valence-electron chi connectivity index (χ4n) is 6.34. The minimum absolute atomic E-state index is 0.108. The van der Waals surface area contributed by atoms with E-state index in [9.17, 15) is 39.3 Å². The van der Waals surface area contributed by atoms with Crippen molar-refractivity contribution in [3.8, 4) is 0 Å². The Kier molecular flexibility index (Phi) is 11.9. The SMILES string of the molecule is C=CC1=C(C)[C@@H](Cc2[nH]c(/C=c3\[nH]/c(=C/C4=NC(=O)C(C)=C4[C@H](C)SC[C@@H](N)C(=O)O)c(C)c3CCC(=O)O)c(CCC(=O)O)c2C)NC1=O. The van der Waals surface area contributed by atoms with Crippen LogP contribution in [0.25, 0.3) is 12.2 Å². The quantitative estimate of drug-likeness (QED) is 0.134. The predicted octanol–water partition coefficient (Wildman–Crippen LogP) is 1.98. The number of aromatic amines is 2. The molecule has 2 aliphatic rings. The first-order chi connectivity index (χ1) is 23.5. The summed E-state index contributed by atoms with van der Waals surface area (Å²) in [5, 5.41) is 32.2. The number of aliphatic carboxylic acids is 3. The van der Waals surface area contributed by atoms with Crippen molar-refractivity contribution in [1.29, 1.82) is 0 Å². The number of amides is 2. The maximum absolute atomic E-state index is 12.7. The molecule has 4 rings (SSSR count). The lowest BCUT2D eigenvalue weighted by atomic mass is 9.98. The number of carbonyl (C=O) groups is 5. The van der Waals surface area contributed by atoms with Gasteiger partial charge in [-0.2, -0.15) is 11.8 Å². The van der Waals surface area contributed by atoms with Gasteiger partial charge in [0.1, 0.15) is 6.04 Å². The molecule has 2 aromatic rings. The number of hydrogen-bond acceptors (Lipinski definition) is 7. The number of aliphatic imine (C=N–C) groups is 1. The second-order valence-electron chi connectivity index (χ2n) is 12.5. The van der Waals surface area contributed by atoms with Crippen molar-refractivity contribution in [2.75, 3.05) is 5.75 Å². The van der Waals surface area contributed by atoms with Crippen LogP contribution in [0.4, 0.5) is 0 Å². The number of hydrogen-bond donors (Lipinski definition) is 7. The van der Waals surface area contributed by atoms with Crippen LogP contribution < -0.4 is 21.7 Å². The average molecular weight is 706 g/mol. The number of nitrogens with one attached hydrogen (secondary N) is 3. The molecule has 2 amide bonds. The molecule has 3 atom stereocenters. The number of carboxylic acid groups (broad SMARTS) is 3. The molecule has 0 fully saturated rings. The molecule has 0 aliphatic carbocycles. The number of nitrogens with zero attached hydrogens (tertiary/aromatic N) is 1. The van der Waals surface area contributed by atoms with Crippen LogP contribution in [0.15, 0.2) is 39.9 Å². The summed E-state index contributed by atoms with van der Waals surface area (Å²) in [6.45, 7) is 12.9. The maximum atomic E-state index is 12.7. The van der Waals surface area contributed by atoms with E-state index in [-0.39, 0.29) is 48.6 Å². The summed E-state index contributed by atoms with van der Waals surface area (Å²) in [7, 11) is 0. The molecule has 0 saturated heterocycles. The van der Waals surface area contributed by atoms with Crippen LogP contribution >= 0.6 is 11.8 Å². The largest absolute Gasteiger partial charge is 0.481 e. The second kappa shape index (κ2) is 15.7. The Labute approximate surface area is 293 Å². The lowest BCUT2D eigenvalue weighted by Gasteiger charge is -2.15. The monoisotopic (exact) mass is 705 g/mol. The van der Waals surface area contributed by atoms with Crippen molar-refractivity contribution in [3.05, 3.63) is 79.3 Å². The predicted molar refractivity (Wildman–Crippen MR) is 191 cm³/mol. The lowest BCUT2D eigenvalue weighted by molar-refractivity contribution is -0.138. The van der Waals surface area contributed by atoms with E-state index in [4.69, 9.17) is 5.73 Å². The number of rotatable bonds is 16. The average Bonchev–Trinajstić information content (AvgIpc) is 3.69. The number of thioether (sulfide) groups is 1. The van der Waals surface area contributed by atoms with Gasteiger partial charge in [-0.1, -0.05) is 12.7 Å². The van der Waals surface area contributed by atoms with Gasteiger partial charge in [0.2, 0.25) is 0 Å². The zero-order chi connectivity index (χ0) is 37.0.